The van der Waals surface area contributed by atoms with Gasteiger partial charge in [-0.15, -0.1) is 5.10 Å². The number of nitrogens with zero attached hydrogens (tertiary/aromatic N) is 2. The molecule has 6 heteroatoms. The molecule has 20 heavy (non-hydrogen) atoms. The molecule has 6 nitrogen and oxygen atoms in total. The zero-order valence-electron chi connectivity index (χ0n) is 11.6. The zero-order chi connectivity index (χ0) is 14.2. The van der Waals surface area contributed by atoms with Gasteiger partial charge in [0.1, 0.15) is 0 Å². The van der Waals surface area contributed by atoms with Crippen LogP contribution in [-0.4, -0.2) is 34.0 Å². The number of carbonyl (C=O) groups is 1. The van der Waals surface area contributed by atoms with Gasteiger partial charge in [0.2, 0.25) is 0 Å². The van der Waals surface area contributed by atoms with Gasteiger partial charge in [-0.1, -0.05) is 19.3 Å². The summed E-state index contributed by atoms with van der Waals surface area (Å²) in [6.45, 7) is 0.0899. The van der Waals surface area contributed by atoms with Gasteiger partial charge in [-0.3, -0.25) is 5.32 Å². The summed E-state index contributed by atoms with van der Waals surface area (Å²) in [7, 11) is 0. The van der Waals surface area contributed by atoms with Gasteiger partial charge in [-0.05, 0) is 37.3 Å². The molecule has 1 unspecified atom stereocenters. The Labute approximate surface area is 119 Å². The Morgan fingerprint density at radius 2 is 2.20 bits per heavy atom. The molecule has 0 bridgehead atoms. The number of hydrogen-bond acceptors (Lipinski definition) is 4. The molecule has 1 atom stereocenters. The first kappa shape index (κ1) is 14.7. The van der Waals surface area contributed by atoms with Gasteiger partial charge in [0.15, 0.2) is 5.82 Å². The van der Waals surface area contributed by atoms with Crippen molar-refractivity contribution in [2.24, 2.45) is 5.92 Å². The van der Waals surface area contributed by atoms with E-state index in [9.17, 15) is 9.90 Å². The lowest BCUT2D eigenvalue weighted by molar-refractivity contribution is 0.202. The van der Waals surface area contributed by atoms with Gasteiger partial charge in [0.05, 0.1) is 0 Å². The summed E-state index contributed by atoms with van der Waals surface area (Å²) in [5.41, 5.74) is 0. The maximum Gasteiger partial charge on any atom is 0.320 e. The second-order valence-corrected chi connectivity index (χ2v) is 5.22. The maximum atomic E-state index is 12.0. The Kier molecular flexibility index (Phi) is 5.73. The minimum Gasteiger partial charge on any atom is -0.396 e. The van der Waals surface area contributed by atoms with E-state index in [0.717, 1.165) is 12.8 Å². The number of amides is 2. The Hall–Kier alpha value is -1.69. The first-order chi connectivity index (χ1) is 9.79. The van der Waals surface area contributed by atoms with Gasteiger partial charge in [0, 0.05) is 18.8 Å². The predicted molar refractivity (Wildman–Crippen MR) is 76.3 cm³/mol. The minimum absolute atomic E-state index is 0.0250. The number of carbonyl (C=O) groups excluding carboxylic acids is 1. The summed E-state index contributed by atoms with van der Waals surface area (Å²) in [6.07, 6.45) is 8.08. The number of aromatic nitrogens is 2. The van der Waals surface area contributed by atoms with Crippen molar-refractivity contribution in [2.75, 3.05) is 11.9 Å². The number of anilines is 1. The standard InChI is InChI=1S/C14H22N4O2/c19-10-8-12(11-5-2-1-3-6-11)16-14(20)17-13-7-4-9-15-18-13/h4,7,9,11-12,19H,1-3,5-6,8,10H2,(H2,16,17,18,20). The van der Waals surface area contributed by atoms with Gasteiger partial charge in [0.25, 0.3) is 0 Å². The van der Waals surface area contributed by atoms with E-state index in [1.54, 1.807) is 18.3 Å². The van der Waals surface area contributed by atoms with Crippen LogP contribution in [0.25, 0.3) is 0 Å². The van der Waals surface area contributed by atoms with E-state index in [0.29, 0.717) is 18.2 Å². The molecule has 1 heterocycles. The molecule has 2 amide bonds. The Balaban J connectivity index is 1.88. The van der Waals surface area contributed by atoms with Crippen molar-refractivity contribution in [3.05, 3.63) is 18.3 Å². The molecule has 1 aliphatic carbocycles. The van der Waals surface area contributed by atoms with Crippen LogP contribution in [0.5, 0.6) is 0 Å². The Morgan fingerprint density at radius 3 is 2.85 bits per heavy atom. The molecule has 0 aromatic carbocycles. The van der Waals surface area contributed by atoms with Gasteiger partial charge in [-0.25, -0.2) is 4.79 Å². The smallest absolute Gasteiger partial charge is 0.320 e. The lowest BCUT2D eigenvalue weighted by atomic mass is 9.83. The number of nitrogens with one attached hydrogen (secondary N) is 2. The summed E-state index contributed by atoms with van der Waals surface area (Å²) < 4.78 is 0. The highest BCUT2D eigenvalue weighted by Crippen LogP contribution is 2.27. The van der Waals surface area contributed by atoms with Crippen molar-refractivity contribution < 1.29 is 9.90 Å². The Bertz CT molecular complexity index is 407. The molecule has 0 spiro atoms. The van der Waals surface area contributed by atoms with Crippen molar-refractivity contribution in [3.63, 3.8) is 0 Å². The number of urea groups is 1. The molecule has 1 fully saturated rings. The number of aliphatic hydroxyl groups excluding tert-OH is 1. The highest BCUT2D eigenvalue weighted by Gasteiger charge is 2.24. The molecule has 0 aliphatic heterocycles. The van der Waals surface area contributed by atoms with Crippen LogP contribution >= 0.6 is 0 Å². The van der Waals surface area contributed by atoms with Gasteiger partial charge in [-0.2, -0.15) is 5.10 Å². The summed E-state index contributed by atoms with van der Waals surface area (Å²) in [5, 5.41) is 22.3. The molecule has 1 saturated carbocycles. The van der Waals surface area contributed by atoms with Crippen LogP contribution in [0, 0.1) is 5.92 Å². The van der Waals surface area contributed by atoms with Crippen molar-refractivity contribution in [2.45, 2.75) is 44.6 Å². The summed E-state index contributed by atoms with van der Waals surface area (Å²) >= 11 is 0. The molecule has 0 radical (unpaired) electrons. The molecule has 2 rings (SSSR count). The first-order valence-electron chi connectivity index (χ1n) is 7.25. The van der Waals surface area contributed by atoms with E-state index in [4.69, 9.17) is 0 Å². The van der Waals surface area contributed by atoms with E-state index < -0.39 is 0 Å². The van der Waals surface area contributed by atoms with E-state index in [1.165, 1.54) is 19.3 Å². The van der Waals surface area contributed by atoms with E-state index in [2.05, 4.69) is 20.8 Å². The molecule has 0 saturated heterocycles. The van der Waals surface area contributed by atoms with E-state index in [1.807, 2.05) is 0 Å². The van der Waals surface area contributed by atoms with Crippen LogP contribution in [0.1, 0.15) is 38.5 Å². The minimum atomic E-state index is -0.283. The van der Waals surface area contributed by atoms with Crippen LogP contribution in [0.2, 0.25) is 0 Å². The van der Waals surface area contributed by atoms with Crippen LogP contribution in [0.3, 0.4) is 0 Å². The van der Waals surface area contributed by atoms with E-state index >= 15 is 0 Å². The monoisotopic (exact) mass is 278 g/mol. The number of aliphatic hydroxyl groups is 1. The van der Waals surface area contributed by atoms with E-state index in [-0.39, 0.29) is 18.7 Å². The number of hydrogen-bond donors (Lipinski definition) is 3. The second-order valence-electron chi connectivity index (χ2n) is 5.22. The lowest BCUT2D eigenvalue weighted by Crippen LogP contribution is -2.43. The molecule has 110 valence electrons. The summed E-state index contributed by atoms with van der Waals surface area (Å²) in [6, 6.07) is 3.15. The number of rotatable bonds is 5. The van der Waals surface area contributed by atoms with Crippen LogP contribution in [-0.2, 0) is 0 Å². The molecule has 1 aliphatic rings. The fraction of sp³-hybridized carbons (Fsp3) is 0.643. The molecule has 3 N–H and O–H groups in total. The highest BCUT2D eigenvalue weighted by atomic mass is 16.3. The maximum absolute atomic E-state index is 12.0. The lowest BCUT2D eigenvalue weighted by Gasteiger charge is -2.30. The average Bonchev–Trinajstić information content (AvgIpc) is 2.49. The molecular weight excluding hydrogens is 256 g/mol. The van der Waals surface area contributed by atoms with Gasteiger partial charge < -0.3 is 10.4 Å². The first-order valence-corrected chi connectivity index (χ1v) is 7.25. The normalized spacial score (nSPS) is 17.4. The van der Waals surface area contributed by atoms with Crippen molar-refractivity contribution >= 4 is 11.8 Å². The average molecular weight is 278 g/mol. The third kappa shape index (κ3) is 4.45. The highest BCUT2D eigenvalue weighted by molar-refractivity contribution is 5.88. The van der Waals surface area contributed by atoms with Crippen molar-refractivity contribution in [1.29, 1.82) is 0 Å². The summed E-state index contributed by atoms with van der Waals surface area (Å²) in [4.78, 5) is 12.0. The topological polar surface area (TPSA) is 87.1 Å². The van der Waals surface area contributed by atoms with Crippen LogP contribution in [0.4, 0.5) is 10.6 Å². The van der Waals surface area contributed by atoms with Crippen LogP contribution in [0.15, 0.2) is 18.3 Å². The molecule has 1 aromatic heterocycles. The largest absolute Gasteiger partial charge is 0.396 e. The van der Waals surface area contributed by atoms with Crippen LogP contribution < -0.4 is 10.6 Å². The second kappa shape index (κ2) is 7.79. The third-order valence-corrected chi connectivity index (χ3v) is 3.79. The summed E-state index contributed by atoms with van der Waals surface area (Å²) in [5.74, 6) is 0.889. The quantitative estimate of drug-likeness (QED) is 0.768. The SMILES string of the molecule is O=C(Nc1cccnn1)NC(CCO)C1CCCCC1. The fourth-order valence-corrected chi connectivity index (χ4v) is 2.79. The Morgan fingerprint density at radius 1 is 1.40 bits per heavy atom. The molecule has 1 aromatic rings. The third-order valence-electron chi connectivity index (χ3n) is 3.79. The van der Waals surface area contributed by atoms with Crippen molar-refractivity contribution in [1.82, 2.24) is 15.5 Å². The molecular formula is C14H22N4O2. The zero-order valence-corrected chi connectivity index (χ0v) is 11.6. The fourth-order valence-electron chi connectivity index (χ4n) is 2.79. The van der Waals surface area contributed by atoms with Gasteiger partial charge >= 0.3 is 6.03 Å². The van der Waals surface area contributed by atoms with Crippen molar-refractivity contribution in [3.8, 4) is 0 Å². The predicted octanol–water partition coefficient (Wildman–Crippen LogP) is 1.93.